The third-order valence-corrected chi connectivity index (χ3v) is 7.80. The van der Waals surface area contributed by atoms with Crippen LogP contribution in [0.1, 0.15) is 43.6 Å². The molecule has 0 fully saturated rings. The number of rotatable bonds is 3. The van der Waals surface area contributed by atoms with Gasteiger partial charge in [0.2, 0.25) is 5.91 Å². The first-order chi connectivity index (χ1) is 20.7. The van der Waals surface area contributed by atoms with E-state index in [0.29, 0.717) is 36.3 Å². The van der Waals surface area contributed by atoms with Crippen molar-refractivity contribution < 1.29 is 9.18 Å². The van der Waals surface area contributed by atoms with Gasteiger partial charge in [-0.15, -0.1) is 5.10 Å². The van der Waals surface area contributed by atoms with Crippen molar-refractivity contribution in [3.8, 4) is 34.3 Å². The van der Waals surface area contributed by atoms with Crippen molar-refractivity contribution in [3.05, 3.63) is 87.8 Å². The molecular formula is C29H24ClFN10O2. The number of nitrogens with one attached hydrogen (secondary N) is 1. The van der Waals surface area contributed by atoms with Gasteiger partial charge in [-0.3, -0.25) is 23.8 Å². The highest BCUT2D eigenvalue weighted by Gasteiger charge is 2.25. The summed E-state index contributed by atoms with van der Waals surface area (Å²) in [6.45, 7) is 1.86. The van der Waals surface area contributed by atoms with Gasteiger partial charge in [0, 0.05) is 30.8 Å². The summed E-state index contributed by atoms with van der Waals surface area (Å²) in [4.78, 5) is 35.7. The van der Waals surface area contributed by atoms with Gasteiger partial charge in [-0.2, -0.15) is 10.4 Å². The van der Waals surface area contributed by atoms with E-state index in [9.17, 15) is 9.59 Å². The number of pyridine rings is 1. The Balaban J connectivity index is 1.45. The number of benzene rings is 1. The second-order valence-electron chi connectivity index (χ2n) is 10.3. The van der Waals surface area contributed by atoms with E-state index in [1.54, 1.807) is 24.1 Å². The molecule has 0 saturated carbocycles. The van der Waals surface area contributed by atoms with Gasteiger partial charge >= 0.3 is 0 Å². The largest absolute Gasteiger partial charge is 0.323 e. The normalized spacial score (nSPS) is 16.9. The van der Waals surface area contributed by atoms with Gasteiger partial charge < -0.3 is 5.32 Å². The summed E-state index contributed by atoms with van der Waals surface area (Å²) in [7, 11) is 1.79. The molecule has 1 aliphatic heterocycles. The minimum atomic E-state index is -0.794. The first-order valence-corrected chi connectivity index (χ1v) is 13.8. The molecule has 2 atom stereocenters. The van der Waals surface area contributed by atoms with Gasteiger partial charge in [-0.25, -0.2) is 14.1 Å². The van der Waals surface area contributed by atoms with E-state index in [-0.39, 0.29) is 39.5 Å². The lowest BCUT2D eigenvalue weighted by Gasteiger charge is -2.22. The molecule has 1 aromatic carbocycles. The van der Waals surface area contributed by atoms with Crippen LogP contribution in [0.25, 0.3) is 28.2 Å². The van der Waals surface area contributed by atoms with E-state index in [4.69, 9.17) is 16.9 Å². The predicted molar refractivity (Wildman–Crippen MR) is 155 cm³/mol. The van der Waals surface area contributed by atoms with Gasteiger partial charge in [-0.05, 0) is 37.1 Å². The molecule has 1 aliphatic rings. The van der Waals surface area contributed by atoms with Crippen LogP contribution in [-0.4, -0.2) is 45.2 Å². The smallest absolute Gasteiger partial charge is 0.254 e. The number of nitrogens with zero attached hydrogens (tertiary/aromatic N) is 9. The molecule has 0 saturated heterocycles. The molecule has 0 aliphatic carbocycles. The summed E-state index contributed by atoms with van der Waals surface area (Å²) in [6.07, 6.45) is 7.67. The van der Waals surface area contributed by atoms with Crippen molar-refractivity contribution in [3.63, 3.8) is 0 Å². The van der Waals surface area contributed by atoms with Crippen molar-refractivity contribution in [2.24, 2.45) is 13.0 Å². The average Bonchev–Trinajstić information content (AvgIpc) is 3.63. The molecule has 0 spiro atoms. The highest BCUT2D eigenvalue weighted by molar-refractivity contribution is 6.31. The molecule has 0 radical (unpaired) electrons. The number of carbonyl (C=O) groups is 1. The van der Waals surface area contributed by atoms with Crippen LogP contribution in [0.4, 0.5) is 10.1 Å². The van der Waals surface area contributed by atoms with Crippen molar-refractivity contribution in [2.75, 3.05) is 5.32 Å². The number of fused-ring (bicyclic) bond motifs is 4. The van der Waals surface area contributed by atoms with Crippen molar-refractivity contribution in [1.29, 1.82) is 5.26 Å². The molecule has 216 valence electrons. The standard InChI is InChI=1S/C29H24ClFN10O2/c1-16-4-3-5-23(20-10-17(8-9-33-20)28-22(36-29(16)43)13-35-39(28)2)40-15-34-21(11-25(40)42)26-24(7-6-19(30)27(26)31)41-14-18(12-32)37-38-41/h6-11,13-16,23H,3-5H2,1-2H3,(H,36,43). The van der Waals surface area contributed by atoms with E-state index in [0.717, 1.165) is 5.56 Å². The summed E-state index contributed by atoms with van der Waals surface area (Å²) in [5, 5.41) is 24.0. The summed E-state index contributed by atoms with van der Waals surface area (Å²) in [5.74, 6) is -1.19. The van der Waals surface area contributed by atoms with Gasteiger partial charge in [-0.1, -0.05) is 30.2 Å². The van der Waals surface area contributed by atoms with Crippen LogP contribution < -0.4 is 10.9 Å². The van der Waals surface area contributed by atoms with Crippen molar-refractivity contribution >= 4 is 23.2 Å². The lowest BCUT2D eigenvalue weighted by Crippen LogP contribution is -2.27. The van der Waals surface area contributed by atoms with Crippen LogP contribution in [-0.2, 0) is 11.8 Å². The van der Waals surface area contributed by atoms with Gasteiger partial charge in [0.1, 0.15) is 6.07 Å². The van der Waals surface area contributed by atoms with Crippen molar-refractivity contribution in [1.82, 2.24) is 39.3 Å². The quantitative estimate of drug-likeness (QED) is 0.323. The number of anilines is 1. The Hall–Kier alpha value is -5.22. The lowest BCUT2D eigenvalue weighted by atomic mass is 9.97. The van der Waals surface area contributed by atoms with Crippen LogP contribution in [0, 0.1) is 23.1 Å². The number of carbonyl (C=O) groups excluding carboxylic acids is 1. The van der Waals surface area contributed by atoms with Crippen LogP contribution in [0.15, 0.2) is 60.0 Å². The Kier molecular flexibility index (Phi) is 7.29. The molecule has 2 bridgehead atoms. The Morgan fingerprint density at radius 3 is 2.77 bits per heavy atom. The monoisotopic (exact) mass is 598 g/mol. The topological polar surface area (TPSA) is 149 Å². The SMILES string of the molecule is CC1CCCC(n2cnc(-c3c(-n4cc(C#N)nn4)ccc(Cl)c3F)cc2=O)c2cc(ccn2)-c2c(cnn2C)NC1=O. The highest BCUT2D eigenvalue weighted by atomic mass is 35.5. The number of hydrogen-bond acceptors (Lipinski definition) is 8. The number of nitriles is 1. The Labute approximate surface area is 249 Å². The van der Waals surface area contributed by atoms with Crippen LogP contribution in [0.3, 0.4) is 0 Å². The Morgan fingerprint density at radius 1 is 1.16 bits per heavy atom. The summed E-state index contributed by atoms with van der Waals surface area (Å²) in [5.41, 5.74) is 2.47. The zero-order chi connectivity index (χ0) is 30.2. The number of aromatic nitrogens is 8. The van der Waals surface area contributed by atoms with Crippen LogP contribution in [0.2, 0.25) is 5.02 Å². The van der Waals surface area contributed by atoms with Crippen molar-refractivity contribution in [2.45, 2.75) is 32.2 Å². The van der Waals surface area contributed by atoms with Crippen LogP contribution >= 0.6 is 11.6 Å². The minimum Gasteiger partial charge on any atom is -0.323 e. The first kappa shape index (κ1) is 27.9. The first-order valence-electron chi connectivity index (χ1n) is 13.4. The highest BCUT2D eigenvalue weighted by Crippen LogP contribution is 2.34. The fourth-order valence-electron chi connectivity index (χ4n) is 5.27. The molecule has 12 nitrogen and oxygen atoms in total. The molecule has 6 rings (SSSR count). The van der Waals surface area contributed by atoms with Gasteiger partial charge in [0.25, 0.3) is 5.56 Å². The maximum absolute atomic E-state index is 15.4. The van der Waals surface area contributed by atoms with E-state index in [2.05, 4.69) is 30.7 Å². The number of halogens is 2. The van der Waals surface area contributed by atoms with E-state index >= 15 is 4.39 Å². The molecular weight excluding hydrogens is 575 g/mol. The zero-order valence-corrected chi connectivity index (χ0v) is 23.8. The third-order valence-electron chi connectivity index (χ3n) is 7.51. The van der Waals surface area contributed by atoms with E-state index < -0.39 is 17.4 Å². The zero-order valence-electron chi connectivity index (χ0n) is 23.1. The Bertz CT molecular complexity index is 1970. The maximum Gasteiger partial charge on any atom is 0.254 e. The summed E-state index contributed by atoms with van der Waals surface area (Å²) in [6, 6.07) is 9.14. The fraction of sp³-hybridized carbons (Fsp3) is 0.241. The number of amides is 1. The van der Waals surface area contributed by atoms with E-state index in [1.807, 2.05) is 25.1 Å². The van der Waals surface area contributed by atoms with E-state index in [1.165, 1.54) is 40.0 Å². The average molecular weight is 599 g/mol. The molecule has 1 amide bonds. The number of hydrogen-bond donors (Lipinski definition) is 1. The number of aryl methyl sites for hydroxylation is 1. The summed E-state index contributed by atoms with van der Waals surface area (Å²) < 4.78 is 19.8. The molecule has 1 N–H and O–H groups in total. The molecule has 5 aromatic rings. The lowest BCUT2D eigenvalue weighted by molar-refractivity contribution is -0.119. The summed E-state index contributed by atoms with van der Waals surface area (Å²) >= 11 is 6.11. The minimum absolute atomic E-state index is 0.0324. The second-order valence-corrected chi connectivity index (χ2v) is 10.7. The molecule has 43 heavy (non-hydrogen) atoms. The van der Waals surface area contributed by atoms with Gasteiger partial charge in [0.15, 0.2) is 11.5 Å². The van der Waals surface area contributed by atoms with Gasteiger partial charge in [0.05, 0.1) is 63.8 Å². The third kappa shape index (κ3) is 5.17. The Morgan fingerprint density at radius 2 is 2.00 bits per heavy atom. The molecule has 4 aromatic heterocycles. The molecule has 5 heterocycles. The van der Waals surface area contributed by atoms with Crippen LogP contribution in [0.5, 0.6) is 0 Å². The fourth-order valence-corrected chi connectivity index (χ4v) is 5.43. The maximum atomic E-state index is 15.4. The predicted octanol–water partition coefficient (Wildman–Crippen LogP) is 4.30. The molecule has 2 unspecified atom stereocenters. The molecule has 14 heteroatoms. The second kappa shape index (κ2) is 11.2.